The topological polar surface area (TPSA) is 63.4 Å². The number of hydrogen-bond donors (Lipinski definition) is 1. The van der Waals surface area contributed by atoms with Gasteiger partial charge in [0, 0.05) is 24.0 Å². The zero-order chi connectivity index (χ0) is 12.8. The van der Waals surface area contributed by atoms with Crippen LogP contribution in [0.2, 0.25) is 0 Å². The monoisotopic (exact) mass is 259 g/mol. The second kappa shape index (κ2) is 6.56. The summed E-state index contributed by atoms with van der Waals surface area (Å²) in [6, 6.07) is 3.46. The minimum Gasteiger partial charge on any atom is -0.396 e. The maximum Gasteiger partial charge on any atom is 0.273 e. The quantitative estimate of drug-likeness (QED) is 0.630. The van der Waals surface area contributed by atoms with E-state index in [-0.39, 0.29) is 18.2 Å². The molecule has 0 saturated carbocycles. The van der Waals surface area contributed by atoms with Gasteiger partial charge in [0.25, 0.3) is 5.69 Å². The standard InChI is InChI=1S/C11H14FNO3S/c1-8(5-14)6-17-7-9-4-10(12)2-3-11(9)13(15)16/h2-4,8,14H,5-7H2,1H3. The van der Waals surface area contributed by atoms with Crippen molar-refractivity contribution in [2.75, 3.05) is 12.4 Å². The Morgan fingerprint density at radius 2 is 2.29 bits per heavy atom. The number of halogens is 1. The van der Waals surface area contributed by atoms with E-state index in [0.29, 0.717) is 17.1 Å². The smallest absolute Gasteiger partial charge is 0.273 e. The third kappa shape index (κ3) is 4.32. The first-order chi connectivity index (χ1) is 8.04. The second-order valence-electron chi connectivity index (χ2n) is 3.83. The van der Waals surface area contributed by atoms with Crippen LogP contribution in [-0.2, 0) is 5.75 Å². The molecule has 0 saturated heterocycles. The van der Waals surface area contributed by atoms with Crippen molar-refractivity contribution in [2.24, 2.45) is 5.92 Å². The molecule has 0 aliphatic carbocycles. The number of thioether (sulfide) groups is 1. The molecule has 0 aromatic heterocycles. The number of aliphatic hydroxyl groups excluding tert-OH is 1. The summed E-state index contributed by atoms with van der Waals surface area (Å²) in [5, 5.41) is 19.6. The summed E-state index contributed by atoms with van der Waals surface area (Å²) in [4.78, 5) is 10.2. The number of nitro benzene ring substituents is 1. The predicted octanol–water partition coefficient (Wildman–Crippen LogP) is 2.60. The van der Waals surface area contributed by atoms with Crippen LogP contribution >= 0.6 is 11.8 Å². The molecule has 4 nitrogen and oxygen atoms in total. The van der Waals surface area contributed by atoms with Gasteiger partial charge in [-0.25, -0.2) is 4.39 Å². The molecule has 0 aliphatic rings. The lowest BCUT2D eigenvalue weighted by Crippen LogP contribution is -2.04. The number of aliphatic hydroxyl groups is 1. The van der Waals surface area contributed by atoms with Crippen LogP contribution in [0.15, 0.2) is 18.2 Å². The average Bonchev–Trinajstić information content (AvgIpc) is 2.28. The molecular formula is C11H14FNO3S. The molecule has 1 rings (SSSR count). The molecule has 0 fully saturated rings. The van der Waals surface area contributed by atoms with Crippen molar-refractivity contribution in [3.63, 3.8) is 0 Å². The van der Waals surface area contributed by atoms with Gasteiger partial charge in [0.2, 0.25) is 0 Å². The van der Waals surface area contributed by atoms with Crippen molar-refractivity contribution < 1.29 is 14.4 Å². The summed E-state index contributed by atoms with van der Waals surface area (Å²) in [7, 11) is 0. The minimum absolute atomic E-state index is 0.0597. The molecule has 0 spiro atoms. The number of benzene rings is 1. The molecule has 0 radical (unpaired) electrons. The Bertz CT molecular complexity index is 400. The Kier molecular flexibility index (Phi) is 5.37. The van der Waals surface area contributed by atoms with Crippen LogP contribution in [0.5, 0.6) is 0 Å². The summed E-state index contributed by atoms with van der Waals surface area (Å²) < 4.78 is 13.0. The highest BCUT2D eigenvalue weighted by Crippen LogP contribution is 2.25. The van der Waals surface area contributed by atoms with E-state index in [1.807, 2.05) is 6.92 Å². The van der Waals surface area contributed by atoms with Crippen molar-refractivity contribution >= 4 is 17.4 Å². The van der Waals surface area contributed by atoms with E-state index in [9.17, 15) is 14.5 Å². The molecule has 0 bridgehead atoms. The summed E-state index contributed by atoms with van der Waals surface area (Å²) in [6.45, 7) is 1.96. The van der Waals surface area contributed by atoms with E-state index >= 15 is 0 Å². The van der Waals surface area contributed by atoms with E-state index < -0.39 is 10.7 Å². The normalized spacial score (nSPS) is 12.4. The van der Waals surface area contributed by atoms with E-state index in [2.05, 4.69) is 0 Å². The fourth-order valence-electron chi connectivity index (χ4n) is 1.27. The third-order valence-corrected chi connectivity index (χ3v) is 3.53. The van der Waals surface area contributed by atoms with Gasteiger partial charge in [-0.1, -0.05) is 6.92 Å². The highest BCUT2D eigenvalue weighted by atomic mass is 32.2. The Labute approximate surface area is 103 Å². The largest absolute Gasteiger partial charge is 0.396 e. The van der Waals surface area contributed by atoms with Gasteiger partial charge >= 0.3 is 0 Å². The maximum absolute atomic E-state index is 13.0. The van der Waals surface area contributed by atoms with Crippen molar-refractivity contribution in [1.29, 1.82) is 0 Å². The second-order valence-corrected chi connectivity index (χ2v) is 4.86. The van der Waals surface area contributed by atoms with Gasteiger partial charge in [0.1, 0.15) is 5.82 Å². The van der Waals surface area contributed by atoms with E-state index in [1.54, 1.807) is 0 Å². The van der Waals surface area contributed by atoms with Crippen LogP contribution in [0.25, 0.3) is 0 Å². The highest BCUT2D eigenvalue weighted by molar-refractivity contribution is 7.98. The Morgan fingerprint density at radius 3 is 2.88 bits per heavy atom. The highest BCUT2D eigenvalue weighted by Gasteiger charge is 2.14. The zero-order valence-electron chi connectivity index (χ0n) is 9.43. The van der Waals surface area contributed by atoms with Crippen LogP contribution in [0.4, 0.5) is 10.1 Å². The molecule has 0 amide bonds. The number of rotatable bonds is 6. The van der Waals surface area contributed by atoms with Crippen molar-refractivity contribution in [3.05, 3.63) is 39.7 Å². The lowest BCUT2D eigenvalue weighted by Gasteiger charge is -2.07. The number of hydrogen-bond acceptors (Lipinski definition) is 4. The Balaban J connectivity index is 2.68. The summed E-state index contributed by atoms with van der Waals surface area (Å²) in [5.41, 5.74) is 0.320. The summed E-state index contributed by atoms with van der Waals surface area (Å²) in [5.74, 6) is 0.719. The van der Waals surface area contributed by atoms with Gasteiger partial charge in [0.15, 0.2) is 0 Å². The van der Waals surface area contributed by atoms with E-state index in [1.165, 1.54) is 23.9 Å². The fourth-order valence-corrected chi connectivity index (χ4v) is 2.35. The van der Waals surface area contributed by atoms with Gasteiger partial charge in [-0.2, -0.15) is 11.8 Å². The molecule has 1 aromatic carbocycles. The van der Waals surface area contributed by atoms with Crippen LogP contribution in [0.1, 0.15) is 12.5 Å². The first-order valence-electron chi connectivity index (χ1n) is 5.16. The predicted molar refractivity (Wildman–Crippen MR) is 65.5 cm³/mol. The number of nitrogens with zero attached hydrogens (tertiary/aromatic N) is 1. The Hall–Kier alpha value is -1.14. The summed E-state index contributed by atoms with van der Waals surface area (Å²) >= 11 is 1.45. The third-order valence-electron chi connectivity index (χ3n) is 2.21. The molecule has 0 heterocycles. The fraction of sp³-hybridized carbons (Fsp3) is 0.455. The molecule has 0 aliphatic heterocycles. The van der Waals surface area contributed by atoms with E-state index in [4.69, 9.17) is 5.11 Å². The van der Waals surface area contributed by atoms with Crippen LogP contribution in [-0.4, -0.2) is 22.4 Å². The summed E-state index contributed by atoms with van der Waals surface area (Å²) in [6.07, 6.45) is 0. The van der Waals surface area contributed by atoms with Gasteiger partial charge in [-0.15, -0.1) is 0 Å². The minimum atomic E-state index is -0.509. The zero-order valence-corrected chi connectivity index (χ0v) is 10.2. The molecule has 6 heteroatoms. The lowest BCUT2D eigenvalue weighted by molar-refractivity contribution is -0.385. The van der Waals surface area contributed by atoms with Crippen molar-refractivity contribution in [1.82, 2.24) is 0 Å². The van der Waals surface area contributed by atoms with Crippen LogP contribution in [0, 0.1) is 21.8 Å². The maximum atomic E-state index is 13.0. The van der Waals surface area contributed by atoms with Crippen LogP contribution in [0.3, 0.4) is 0 Å². The van der Waals surface area contributed by atoms with E-state index in [0.717, 1.165) is 6.07 Å². The molecular weight excluding hydrogens is 245 g/mol. The molecule has 94 valence electrons. The van der Waals surface area contributed by atoms with Gasteiger partial charge in [-0.3, -0.25) is 10.1 Å². The first-order valence-corrected chi connectivity index (χ1v) is 6.31. The molecule has 1 atom stereocenters. The number of nitro groups is 1. The SMILES string of the molecule is CC(CO)CSCc1cc(F)ccc1[N+](=O)[O-]. The first kappa shape index (κ1) is 13.9. The van der Waals surface area contributed by atoms with Gasteiger partial charge in [-0.05, 0) is 23.8 Å². The lowest BCUT2D eigenvalue weighted by atomic mass is 10.2. The van der Waals surface area contributed by atoms with Crippen molar-refractivity contribution in [2.45, 2.75) is 12.7 Å². The molecule has 17 heavy (non-hydrogen) atoms. The van der Waals surface area contributed by atoms with Gasteiger partial charge in [0.05, 0.1) is 4.92 Å². The molecule has 1 unspecified atom stereocenters. The van der Waals surface area contributed by atoms with Gasteiger partial charge < -0.3 is 5.11 Å². The van der Waals surface area contributed by atoms with Crippen LogP contribution < -0.4 is 0 Å². The Morgan fingerprint density at radius 1 is 1.59 bits per heavy atom. The molecule has 1 aromatic rings. The average molecular weight is 259 g/mol. The molecule has 1 N–H and O–H groups in total. The van der Waals surface area contributed by atoms with Crippen molar-refractivity contribution in [3.8, 4) is 0 Å².